The fraction of sp³-hybridized carbons (Fsp3) is 0.0156. The van der Waals surface area contributed by atoms with Crippen molar-refractivity contribution in [3.05, 3.63) is 271 Å². The highest BCUT2D eigenvalue weighted by Crippen LogP contribution is 2.63. The van der Waals surface area contributed by atoms with Gasteiger partial charge in [-0.1, -0.05) is 206 Å². The van der Waals surface area contributed by atoms with E-state index >= 15 is 0 Å². The molecule has 1 spiro atoms. The van der Waals surface area contributed by atoms with E-state index in [1.165, 1.54) is 83.1 Å². The highest BCUT2D eigenvalue weighted by atomic mass is 14.7. The third-order valence-electron chi connectivity index (χ3n) is 13.9. The first-order valence-corrected chi connectivity index (χ1v) is 22.5. The summed E-state index contributed by atoms with van der Waals surface area (Å²) in [4.78, 5) is 5.28. The standard InChI is InChI=1S/C64H41N/c1-3-17-42(18-4-1)51-38-62(44-20-5-2-6-21-44)65-63(39-51)50-26-16-24-47(37-50)46-23-15-25-48(36-46)56-41-61-57(40-55(56)49-34-33-43-19-7-8-22-45(43)35-49)54-29-11-14-32-60(54)64(61)58-30-12-9-27-52(58)53-28-10-13-31-59(53)64/h1-41H. The summed E-state index contributed by atoms with van der Waals surface area (Å²) in [5, 5.41) is 2.47. The molecule has 13 rings (SSSR count). The Morgan fingerprint density at radius 3 is 1.34 bits per heavy atom. The summed E-state index contributed by atoms with van der Waals surface area (Å²) >= 11 is 0. The number of hydrogen-bond acceptors (Lipinski definition) is 1. The predicted octanol–water partition coefficient (Wildman–Crippen LogP) is 16.6. The van der Waals surface area contributed by atoms with Crippen LogP contribution in [0.5, 0.6) is 0 Å². The number of aromatic nitrogens is 1. The lowest BCUT2D eigenvalue weighted by atomic mass is 9.70. The van der Waals surface area contributed by atoms with Gasteiger partial charge in [-0.3, -0.25) is 0 Å². The highest BCUT2D eigenvalue weighted by molar-refractivity contribution is 6.00. The van der Waals surface area contributed by atoms with Crippen molar-refractivity contribution in [1.82, 2.24) is 4.98 Å². The molecular weight excluding hydrogens is 783 g/mol. The monoisotopic (exact) mass is 823 g/mol. The summed E-state index contributed by atoms with van der Waals surface area (Å²) in [6, 6.07) is 91.5. The quantitative estimate of drug-likeness (QED) is 0.163. The van der Waals surface area contributed by atoms with Crippen molar-refractivity contribution in [3.63, 3.8) is 0 Å². The summed E-state index contributed by atoms with van der Waals surface area (Å²) in [6.45, 7) is 0. The Balaban J connectivity index is 1.01. The largest absolute Gasteiger partial charge is 0.248 e. The maximum atomic E-state index is 5.28. The van der Waals surface area contributed by atoms with Gasteiger partial charge < -0.3 is 0 Å². The van der Waals surface area contributed by atoms with Gasteiger partial charge in [0, 0.05) is 11.1 Å². The van der Waals surface area contributed by atoms with Crippen LogP contribution in [0.4, 0.5) is 0 Å². The number of fused-ring (bicyclic) bond motifs is 11. The van der Waals surface area contributed by atoms with Gasteiger partial charge in [0.05, 0.1) is 16.8 Å². The first-order valence-electron chi connectivity index (χ1n) is 22.5. The molecular formula is C64H41N. The zero-order chi connectivity index (χ0) is 42.9. The second-order valence-corrected chi connectivity index (χ2v) is 17.4. The molecule has 2 aliphatic carbocycles. The van der Waals surface area contributed by atoms with Crippen LogP contribution in [0.3, 0.4) is 0 Å². The molecule has 1 heteroatoms. The fourth-order valence-electron chi connectivity index (χ4n) is 10.9. The van der Waals surface area contributed by atoms with Crippen LogP contribution in [0.25, 0.3) is 100 Å². The van der Waals surface area contributed by atoms with E-state index in [2.05, 4.69) is 249 Å². The Morgan fingerprint density at radius 1 is 0.215 bits per heavy atom. The van der Waals surface area contributed by atoms with Gasteiger partial charge >= 0.3 is 0 Å². The van der Waals surface area contributed by atoms with Crippen LogP contribution in [0.2, 0.25) is 0 Å². The zero-order valence-electron chi connectivity index (χ0n) is 35.6. The molecule has 1 aromatic heterocycles. The Kier molecular flexibility index (Phi) is 8.51. The summed E-state index contributed by atoms with van der Waals surface area (Å²) in [6.07, 6.45) is 0. The van der Waals surface area contributed by atoms with Crippen LogP contribution in [0.1, 0.15) is 22.3 Å². The summed E-state index contributed by atoms with van der Waals surface area (Å²) < 4.78 is 0. The van der Waals surface area contributed by atoms with E-state index in [1.54, 1.807) is 0 Å². The van der Waals surface area contributed by atoms with E-state index in [0.29, 0.717) is 0 Å². The zero-order valence-corrected chi connectivity index (χ0v) is 35.6. The maximum Gasteiger partial charge on any atom is 0.0725 e. The molecule has 0 aliphatic heterocycles. The molecule has 1 heterocycles. The van der Waals surface area contributed by atoms with Gasteiger partial charge in [-0.25, -0.2) is 4.98 Å². The van der Waals surface area contributed by atoms with Crippen molar-refractivity contribution in [2.24, 2.45) is 0 Å². The van der Waals surface area contributed by atoms with Crippen molar-refractivity contribution < 1.29 is 0 Å². The van der Waals surface area contributed by atoms with Crippen molar-refractivity contribution in [2.75, 3.05) is 0 Å². The van der Waals surface area contributed by atoms with Crippen LogP contribution in [0, 0.1) is 0 Å². The van der Waals surface area contributed by atoms with E-state index in [1.807, 2.05) is 0 Å². The van der Waals surface area contributed by atoms with E-state index in [4.69, 9.17) is 4.98 Å². The van der Waals surface area contributed by atoms with Gasteiger partial charge in [-0.15, -0.1) is 0 Å². The second kappa shape index (κ2) is 14.9. The van der Waals surface area contributed by atoms with Crippen LogP contribution in [-0.4, -0.2) is 4.98 Å². The third kappa shape index (κ3) is 5.90. The lowest BCUT2D eigenvalue weighted by Gasteiger charge is -2.31. The lowest BCUT2D eigenvalue weighted by Crippen LogP contribution is -2.25. The summed E-state index contributed by atoms with van der Waals surface area (Å²) in [5.74, 6) is 0. The average Bonchev–Trinajstić information content (AvgIpc) is 3.85. The highest BCUT2D eigenvalue weighted by Gasteiger charge is 2.51. The minimum absolute atomic E-state index is 0.443. The molecule has 1 nitrogen and oxygen atoms in total. The molecule has 0 radical (unpaired) electrons. The molecule has 0 unspecified atom stereocenters. The molecule has 0 amide bonds. The molecule has 0 saturated carbocycles. The molecule has 0 fully saturated rings. The molecule has 0 bridgehead atoms. The molecule has 2 aliphatic rings. The Labute approximate surface area is 379 Å². The number of benzene rings is 10. The maximum absolute atomic E-state index is 5.28. The smallest absolute Gasteiger partial charge is 0.0725 e. The summed E-state index contributed by atoms with van der Waals surface area (Å²) in [5.41, 5.74) is 23.7. The van der Waals surface area contributed by atoms with Gasteiger partial charge in [0.25, 0.3) is 0 Å². The molecule has 0 atom stereocenters. The molecule has 0 saturated heterocycles. The Bertz CT molecular complexity index is 3550. The average molecular weight is 824 g/mol. The number of hydrogen-bond donors (Lipinski definition) is 0. The second-order valence-electron chi connectivity index (χ2n) is 17.4. The van der Waals surface area contributed by atoms with Crippen molar-refractivity contribution in [2.45, 2.75) is 5.41 Å². The third-order valence-corrected chi connectivity index (χ3v) is 13.9. The summed E-state index contributed by atoms with van der Waals surface area (Å²) in [7, 11) is 0. The number of rotatable bonds is 6. The fourth-order valence-corrected chi connectivity index (χ4v) is 10.9. The first kappa shape index (κ1) is 37.2. The first-order chi connectivity index (χ1) is 32.2. The number of nitrogens with zero attached hydrogens (tertiary/aromatic N) is 1. The van der Waals surface area contributed by atoms with Crippen molar-refractivity contribution >= 4 is 10.8 Å². The normalized spacial score (nSPS) is 12.7. The Morgan fingerprint density at radius 2 is 0.677 bits per heavy atom. The molecule has 0 N–H and O–H groups in total. The Hall–Kier alpha value is -8.39. The molecule has 302 valence electrons. The predicted molar refractivity (Wildman–Crippen MR) is 271 cm³/mol. The van der Waals surface area contributed by atoms with Crippen molar-refractivity contribution in [1.29, 1.82) is 0 Å². The van der Waals surface area contributed by atoms with Gasteiger partial charge in [-0.2, -0.15) is 0 Å². The van der Waals surface area contributed by atoms with E-state index < -0.39 is 5.41 Å². The van der Waals surface area contributed by atoms with Gasteiger partial charge in [0.15, 0.2) is 0 Å². The van der Waals surface area contributed by atoms with E-state index in [-0.39, 0.29) is 0 Å². The minimum atomic E-state index is -0.443. The number of pyridine rings is 1. The van der Waals surface area contributed by atoms with Crippen LogP contribution in [0.15, 0.2) is 249 Å². The van der Waals surface area contributed by atoms with Crippen LogP contribution in [-0.2, 0) is 5.41 Å². The van der Waals surface area contributed by atoms with Crippen molar-refractivity contribution in [3.8, 4) is 89.3 Å². The molecule has 10 aromatic carbocycles. The SMILES string of the molecule is c1ccc(-c2cc(-c3ccccc3)nc(-c3cccc(-c4cccc(-c5cc6c(cc5-c5ccc7ccccc7c5)-c5ccccc5C65c6ccccc6-c6ccccc65)c4)c3)c2)cc1. The van der Waals surface area contributed by atoms with Gasteiger partial charge in [0.2, 0.25) is 0 Å². The van der Waals surface area contributed by atoms with Gasteiger partial charge in [-0.05, 0) is 142 Å². The van der Waals surface area contributed by atoms with E-state index in [0.717, 1.165) is 39.2 Å². The van der Waals surface area contributed by atoms with Gasteiger partial charge in [0.1, 0.15) is 0 Å². The topological polar surface area (TPSA) is 12.9 Å². The molecule has 11 aromatic rings. The van der Waals surface area contributed by atoms with Crippen LogP contribution >= 0.6 is 0 Å². The molecule has 65 heavy (non-hydrogen) atoms. The van der Waals surface area contributed by atoms with Crippen LogP contribution < -0.4 is 0 Å². The van der Waals surface area contributed by atoms with E-state index in [9.17, 15) is 0 Å². The minimum Gasteiger partial charge on any atom is -0.248 e. The lowest BCUT2D eigenvalue weighted by molar-refractivity contribution is 0.794.